The number of rotatable bonds is 9. The molecule has 0 spiro atoms. The van der Waals surface area contributed by atoms with Gasteiger partial charge in [0.25, 0.3) is 0 Å². The van der Waals surface area contributed by atoms with Crippen LogP contribution in [0.1, 0.15) is 13.8 Å². The van der Waals surface area contributed by atoms with Crippen LogP contribution in [0.3, 0.4) is 0 Å². The molecule has 24 heavy (non-hydrogen) atoms. The van der Waals surface area contributed by atoms with Crippen molar-refractivity contribution >= 4 is 45.2 Å². The molecule has 0 aromatic heterocycles. The van der Waals surface area contributed by atoms with Gasteiger partial charge in [-0.05, 0) is 0 Å². The molecule has 2 N–H and O–H groups in total. The van der Waals surface area contributed by atoms with E-state index in [-0.39, 0.29) is 23.6 Å². The lowest BCUT2D eigenvalue weighted by Crippen LogP contribution is -2.47. The van der Waals surface area contributed by atoms with E-state index in [1.807, 2.05) is 0 Å². The van der Waals surface area contributed by atoms with E-state index in [1.165, 1.54) is 45.2 Å². The van der Waals surface area contributed by atoms with Gasteiger partial charge in [0.1, 0.15) is 12.1 Å². The molecule has 0 fully saturated rings. The van der Waals surface area contributed by atoms with Crippen LogP contribution in [0.4, 0.5) is 0 Å². The van der Waals surface area contributed by atoms with Crippen molar-refractivity contribution in [1.29, 1.82) is 0 Å². The fraction of sp³-hybridized carbons (Fsp3) is 0.714. The lowest BCUT2D eigenvalue weighted by molar-refractivity contribution is -0.133. The van der Waals surface area contributed by atoms with E-state index in [0.717, 1.165) is 0 Å². The van der Waals surface area contributed by atoms with Crippen LogP contribution >= 0.6 is 21.6 Å². The highest BCUT2D eigenvalue weighted by Crippen LogP contribution is 2.23. The number of carbonyl (C=O) groups excluding carboxylic acids is 4. The van der Waals surface area contributed by atoms with E-state index in [2.05, 4.69) is 10.6 Å². The molecule has 0 heterocycles. The Morgan fingerprint density at radius 1 is 0.750 bits per heavy atom. The molecule has 2 atom stereocenters. The highest BCUT2D eigenvalue weighted by molar-refractivity contribution is 8.76. The molecule has 4 amide bonds. The number of carbonyl (C=O) groups is 4. The zero-order valence-electron chi connectivity index (χ0n) is 14.9. The van der Waals surface area contributed by atoms with Crippen molar-refractivity contribution in [2.24, 2.45) is 0 Å². The minimum absolute atomic E-state index is 0.193. The van der Waals surface area contributed by atoms with E-state index < -0.39 is 12.1 Å². The first kappa shape index (κ1) is 22.6. The second-order valence-electron chi connectivity index (χ2n) is 5.54. The van der Waals surface area contributed by atoms with E-state index in [1.54, 1.807) is 28.2 Å². The summed E-state index contributed by atoms with van der Waals surface area (Å²) in [5, 5.41) is 5.23. The first-order valence-corrected chi connectivity index (χ1v) is 9.76. The van der Waals surface area contributed by atoms with Crippen LogP contribution in [0, 0.1) is 0 Å². The van der Waals surface area contributed by atoms with Crippen LogP contribution in [0.5, 0.6) is 0 Å². The first-order chi connectivity index (χ1) is 11.1. The number of hydrogen-bond donors (Lipinski definition) is 2. The van der Waals surface area contributed by atoms with Gasteiger partial charge in [0, 0.05) is 53.5 Å². The summed E-state index contributed by atoms with van der Waals surface area (Å²) in [7, 11) is 9.22. The molecule has 10 heteroatoms. The Hall–Kier alpha value is -1.42. The normalized spacial score (nSPS) is 12.8. The zero-order chi connectivity index (χ0) is 18.9. The molecular weight excluding hydrogens is 352 g/mol. The topological polar surface area (TPSA) is 98.8 Å². The molecule has 0 aliphatic carbocycles. The summed E-state index contributed by atoms with van der Waals surface area (Å²) in [6, 6.07) is -1.25. The largest absolute Gasteiger partial charge is 0.347 e. The number of likely N-dealkylation sites (N-methyl/N-ethyl adjacent to an activating group) is 2. The highest BCUT2D eigenvalue weighted by atomic mass is 33.1. The maximum absolute atomic E-state index is 12.0. The van der Waals surface area contributed by atoms with Crippen LogP contribution in [0.25, 0.3) is 0 Å². The third-order valence-corrected chi connectivity index (χ3v) is 5.21. The van der Waals surface area contributed by atoms with Gasteiger partial charge < -0.3 is 20.4 Å². The fourth-order valence-electron chi connectivity index (χ4n) is 1.70. The third-order valence-electron chi connectivity index (χ3n) is 2.79. The summed E-state index contributed by atoms with van der Waals surface area (Å²) >= 11 is 0. The predicted octanol–water partition coefficient (Wildman–Crippen LogP) is -0.446. The maximum Gasteiger partial charge on any atom is 0.245 e. The molecule has 0 saturated heterocycles. The molecule has 0 rings (SSSR count). The van der Waals surface area contributed by atoms with Crippen molar-refractivity contribution in [1.82, 2.24) is 20.4 Å². The van der Waals surface area contributed by atoms with Gasteiger partial charge in [0.05, 0.1) is 0 Å². The summed E-state index contributed by atoms with van der Waals surface area (Å²) in [4.78, 5) is 49.3. The van der Waals surface area contributed by atoms with E-state index in [0.29, 0.717) is 11.5 Å². The van der Waals surface area contributed by atoms with Crippen molar-refractivity contribution in [3.8, 4) is 0 Å². The van der Waals surface area contributed by atoms with Gasteiger partial charge in [-0.2, -0.15) is 0 Å². The van der Waals surface area contributed by atoms with Crippen molar-refractivity contribution < 1.29 is 19.2 Å². The Kier molecular flexibility index (Phi) is 10.5. The first-order valence-electron chi connectivity index (χ1n) is 7.27. The van der Waals surface area contributed by atoms with Gasteiger partial charge in [-0.1, -0.05) is 21.6 Å². The molecule has 0 aliphatic rings. The standard InChI is InChI=1S/C14H26N4O4S2/c1-9(19)15-11(13(21)17(3)4)7-23-24-8-12(16-10(2)20)14(22)18(5)6/h11-12H,7-8H2,1-6H3,(H,15,19)(H,16,20)/t11-,12+. The molecule has 0 aromatic carbocycles. The van der Waals surface area contributed by atoms with Gasteiger partial charge in [-0.3, -0.25) is 19.2 Å². The van der Waals surface area contributed by atoms with Crippen LogP contribution < -0.4 is 10.6 Å². The van der Waals surface area contributed by atoms with Crippen LogP contribution in [0.2, 0.25) is 0 Å². The second kappa shape index (κ2) is 11.2. The van der Waals surface area contributed by atoms with Gasteiger partial charge in [0.2, 0.25) is 23.6 Å². The summed E-state index contributed by atoms with van der Waals surface area (Å²) in [5.74, 6) is -0.212. The van der Waals surface area contributed by atoms with Crippen LogP contribution in [-0.2, 0) is 19.2 Å². The summed E-state index contributed by atoms with van der Waals surface area (Å²) in [6.45, 7) is 2.71. The molecule has 0 bridgehead atoms. The van der Waals surface area contributed by atoms with E-state index >= 15 is 0 Å². The average molecular weight is 379 g/mol. The number of hydrogen-bond acceptors (Lipinski definition) is 6. The third kappa shape index (κ3) is 9.02. The summed E-state index contributed by atoms with van der Waals surface area (Å²) < 4.78 is 0. The van der Waals surface area contributed by atoms with Crippen LogP contribution in [-0.4, -0.2) is 85.2 Å². The van der Waals surface area contributed by atoms with Crippen molar-refractivity contribution in [2.75, 3.05) is 39.7 Å². The Labute approximate surface area is 150 Å². The monoisotopic (exact) mass is 378 g/mol. The maximum atomic E-state index is 12.0. The Bertz CT molecular complexity index is 430. The van der Waals surface area contributed by atoms with Crippen molar-refractivity contribution in [2.45, 2.75) is 25.9 Å². The van der Waals surface area contributed by atoms with Gasteiger partial charge in [0.15, 0.2) is 0 Å². The lowest BCUT2D eigenvalue weighted by atomic mass is 10.3. The second-order valence-corrected chi connectivity index (χ2v) is 8.09. The molecule has 0 aliphatic heterocycles. The van der Waals surface area contributed by atoms with E-state index in [9.17, 15) is 19.2 Å². The molecule has 8 nitrogen and oxygen atoms in total. The zero-order valence-corrected chi connectivity index (χ0v) is 16.5. The predicted molar refractivity (Wildman–Crippen MR) is 97.5 cm³/mol. The van der Waals surface area contributed by atoms with Gasteiger partial charge in [-0.25, -0.2) is 0 Å². The minimum atomic E-state index is -0.626. The molecule has 0 aromatic rings. The highest BCUT2D eigenvalue weighted by Gasteiger charge is 2.24. The smallest absolute Gasteiger partial charge is 0.245 e. The van der Waals surface area contributed by atoms with Crippen molar-refractivity contribution in [3.63, 3.8) is 0 Å². The summed E-state index contributed by atoms with van der Waals surface area (Å²) in [5.41, 5.74) is 0. The van der Waals surface area contributed by atoms with Gasteiger partial charge in [-0.15, -0.1) is 0 Å². The fourth-order valence-corrected chi connectivity index (χ4v) is 4.01. The summed E-state index contributed by atoms with van der Waals surface area (Å²) in [6.07, 6.45) is 0. The van der Waals surface area contributed by atoms with E-state index in [4.69, 9.17) is 0 Å². The Morgan fingerprint density at radius 3 is 1.25 bits per heavy atom. The molecule has 0 radical (unpaired) electrons. The SMILES string of the molecule is CC(=O)N[C@@H](CSSC[C@@H](NC(C)=O)C(=O)N(C)C)C(=O)N(C)C. The van der Waals surface area contributed by atoms with Crippen LogP contribution in [0.15, 0.2) is 0 Å². The molecule has 0 unspecified atom stereocenters. The van der Waals surface area contributed by atoms with Crippen molar-refractivity contribution in [3.05, 3.63) is 0 Å². The molecule has 0 saturated carbocycles. The molecule has 138 valence electrons. The quantitative estimate of drug-likeness (QED) is 0.417. The Balaban J connectivity index is 4.56. The van der Waals surface area contributed by atoms with Gasteiger partial charge >= 0.3 is 0 Å². The number of amides is 4. The number of nitrogens with zero attached hydrogens (tertiary/aromatic N) is 2. The lowest BCUT2D eigenvalue weighted by Gasteiger charge is -2.22. The Morgan fingerprint density at radius 2 is 1.04 bits per heavy atom. The molecular formula is C14H26N4O4S2. The minimum Gasteiger partial charge on any atom is -0.347 e. The average Bonchev–Trinajstić information content (AvgIpc) is 2.46. The number of nitrogens with one attached hydrogen (secondary N) is 2.